The van der Waals surface area contributed by atoms with Crippen molar-refractivity contribution < 1.29 is 19.4 Å². The van der Waals surface area contributed by atoms with Gasteiger partial charge in [0.05, 0.1) is 12.8 Å². The number of anilines is 1. The lowest BCUT2D eigenvalue weighted by atomic mass is 10.2. The quantitative estimate of drug-likeness (QED) is 0.933. The molecular formula is C13H12N2O4S. The van der Waals surface area contributed by atoms with E-state index in [1.54, 1.807) is 31.3 Å². The smallest absolute Gasteiger partial charge is 0.355 e. The minimum atomic E-state index is -1.15. The molecule has 0 atom stereocenters. The molecule has 6 nitrogen and oxygen atoms in total. The highest BCUT2D eigenvalue weighted by molar-refractivity contribution is 7.12. The van der Waals surface area contributed by atoms with Gasteiger partial charge in [-0.1, -0.05) is 12.1 Å². The average Bonchev–Trinajstić information content (AvgIpc) is 2.95. The molecule has 0 aliphatic rings. The van der Waals surface area contributed by atoms with Crippen molar-refractivity contribution in [3.05, 3.63) is 40.3 Å². The number of aromatic nitrogens is 1. The molecule has 1 N–H and O–H groups in total. The number of hydrogen-bond donors (Lipinski definition) is 1. The van der Waals surface area contributed by atoms with Gasteiger partial charge in [0.15, 0.2) is 10.7 Å². The van der Waals surface area contributed by atoms with Crippen LogP contribution in [0.4, 0.5) is 5.69 Å². The molecule has 0 aliphatic heterocycles. The number of benzene rings is 1. The largest absolute Gasteiger partial charge is 0.495 e. The van der Waals surface area contributed by atoms with Crippen molar-refractivity contribution in [2.75, 3.05) is 19.1 Å². The molecule has 104 valence electrons. The molecular weight excluding hydrogens is 280 g/mol. The number of hydrogen-bond acceptors (Lipinski definition) is 5. The number of carboxylic acid groups (broad SMARTS) is 1. The number of aromatic carboxylic acids is 1. The second-order valence-corrected chi connectivity index (χ2v) is 4.74. The van der Waals surface area contributed by atoms with Gasteiger partial charge >= 0.3 is 5.97 Å². The number of amides is 1. The fourth-order valence-electron chi connectivity index (χ4n) is 1.63. The maximum Gasteiger partial charge on any atom is 0.355 e. The van der Waals surface area contributed by atoms with E-state index in [9.17, 15) is 9.59 Å². The summed E-state index contributed by atoms with van der Waals surface area (Å²) >= 11 is 0.998. The van der Waals surface area contributed by atoms with E-state index in [-0.39, 0.29) is 16.6 Å². The number of nitrogens with zero attached hydrogens (tertiary/aromatic N) is 2. The number of carboxylic acids is 1. The molecule has 2 aromatic rings. The summed E-state index contributed by atoms with van der Waals surface area (Å²) in [7, 11) is 3.10. The topological polar surface area (TPSA) is 79.7 Å². The normalized spacial score (nSPS) is 10.1. The zero-order valence-corrected chi connectivity index (χ0v) is 11.7. The van der Waals surface area contributed by atoms with E-state index in [0.717, 1.165) is 11.3 Å². The van der Waals surface area contributed by atoms with Gasteiger partial charge in [0.1, 0.15) is 5.75 Å². The highest BCUT2D eigenvalue weighted by atomic mass is 32.1. The first-order valence-corrected chi connectivity index (χ1v) is 6.52. The minimum absolute atomic E-state index is 0.121. The van der Waals surface area contributed by atoms with Gasteiger partial charge in [0.2, 0.25) is 0 Å². The first-order chi connectivity index (χ1) is 9.54. The van der Waals surface area contributed by atoms with Gasteiger partial charge in [0.25, 0.3) is 5.91 Å². The summed E-state index contributed by atoms with van der Waals surface area (Å²) in [6.45, 7) is 0. The lowest BCUT2D eigenvalue weighted by Crippen LogP contribution is -2.26. The zero-order valence-electron chi connectivity index (χ0n) is 10.9. The van der Waals surface area contributed by atoms with Crippen molar-refractivity contribution in [1.29, 1.82) is 0 Å². The molecule has 2 rings (SSSR count). The average molecular weight is 292 g/mol. The second-order valence-electron chi connectivity index (χ2n) is 3.88. The number of carbonyl (C=O) groups excluding carboxylic acids is 1. The van der Waals surface area contributed by atoms with E-state index in [1.807, 2.05) is 0 Å². The molecule has 0 saturated heterocycles. The van der Waals surface area contributed by atoms with Crippen molar-refractivity contribution >= 4 is 28.9 Å². The van der Waals surface area contributed by atoms with Crippen molar-refractivity contribution in [2.45, 2.75) is 0 Å². The van der Waals surface area contributed by atoms with Crippen LogP contribution in [0.2, 0.25) is 0 Å². The summed E-state index contributed by atoms with van der Waals surface area (Å²) in [6, 6.07) is 7.06. The first kappa shape index (κ1) is 14.0. The Labute approximate surface area is 119 Å². The minimum Gasteiger partial charge on any atom is -0.495 e. The highest BCUT2D eigenvalue weighted by Crippen LogP contribution is 2.28. The number of rotatable bonds is 4. The predicted octanol–water partition coefficient (Wildman–Crippen LogP) is 2.13. The Morgan fingerprint density at radius 3 is 2.65 bits per heavy atom. The van der Waals surface area contributed by atoms with Crippen LogP contribution >= 0.6 is 11.3 Å². The maximum atomic E-state index is 12.3. The van der Waals surface area contributed by atoms with E-state index in [4.69, 9.17) is 9.84 Å². The van der Waals surface area contributed by atoms with E-state index in [1.165, 1.54) is 17.4 Å². The Hall–Kier alpha value is -2.41. The van der Waals surface area contributed by atoms with Crippen molar-refractivity contribution in [1.82, 2.24) is 4.98 Å². The summed E-state index contributed by atoms with van der Waals surface area (Å²) in [5.74, 6) is -0.981. The molecule has 0 unspecified atom stereocenters. The van der Waals surface area contributed by atoms with Gasteiger partial charge < -0.3 is 14.7 Å². The van der Waals surface area contributed by atoms with Crippen LogP contribution in [-0.4, -0.2) is 36.1 Å². The second kappa shape index (κ2) is 5.70. The van der Waals surface area contributed by atoms with Crippen LogP contribution in [0, 0.1) is 0 Å². The fraction of sp³-hybridized carbons (Fsp3) is 0.154. The van der Waals surface area contributed by atoms with Gasteiger partial charge in [-0.15, -0.1) is 11.3 Å². The van der Waals surface area contributed by atoms with Crippen LogP contribution in [0.3, 0.4) is 0 Å². The SMILES string of the molecule is COc1ccccc1N(C)C(=O)c1nc(C(=O)O)cs1. The molecule has 0 bridgehead atoms. The molecule has 0 spiro atoms. The number of para-hydroxylation sites is 2. The molecule has 1 aromatic heterocycles. The lowest BCUT2D eigenvalue weighted by Gasteiger charge is -2.18. The summed E-state index contributed by atoms with van der Waals surface area (Å²) in [5.41, 5.74) is 0.457. The predicted molar refractivity (Wildman–Crippen MR) is 74.8 cm³/mol. The van der Waals surface area contributed by atoms with Crippen LogP contribution < -0.4 is 9.64 Å². The van der Waals surface area contributed by atoms with Crippen LogP contribution in [0.25, 0.3) is 0 Å². The van der Waals surface area contributed by atoms with Crippen LogP contribution in [-0.2, 0) is 0 Å². The number of ether oxygens (including phenoxy) is 1. The molecule has 0 radical (unpaired) electrons. The van der Waals surface area contributed by atoms with Crippen LogP contribution in [0.15, 0.2) is 29.6 Å². The third-order valence-electron chi connectivity index (χ3n) is 2.66. The molecule has 1 aromatic carbocycles. The van der Waals surface area contributed by atoms with Crippen molar-refractivity contribution in [2.24, 2.45) is 0 Å². The van der Waals surface area contributed by atoms with Gasteiger partial charge in [-0.2, -0.15) is 0 Å². The number of carbonyl (C=O) groups is 2. The van der Waals surface area contributed by atoms with E-state index < -0.39 is 5.97 Å². The summed E-state index contributed by atoms with van der Waals surface area (Å²) in [6.07, 6.45) is 0. The van der Waals surface area contributed by atoms with Crippen molar-refractivity contribution in [3.63, 3.8) is 0 Å². The summed E-state index contributed by atoms with van der Waals surface area (Å²) in [5, 5.41) is 10.3. The zero-order chi connectivity index (χ0) is 14.7. The molecule has 7 heteroatoms. The summed E-state index contributed by atoms with van der Waals surface area (Å²) < 4.78 is 5.19. The third kappa shape index (κ3) is 2.62. The van der Waals surface area contributed by atoms with E-state index >= 15 is 0 Å². The monoisotopic (exact) mass is 292 g/mol. The van der Waals surface area contributed by atoms with Gasteiger partial charge in [-0.05, 0) is 12.1 Å². The van der Waals surface area contributed by atoms with Crippen molar-refractivity contribution in [3.8, 4) is 5.75 Å². The first-order valence-electron chi connectivity index (χ1n) is 5.64. The summed E-state index contributed by atoms with van der Waals surface area (Å²) in [4.78, 5) is 28.2. The number of methoxy groups -OCH3 is 1. The Kier molecular flexibility index (Phi) is 3.99. The van der Waals surface area contributed by atoms with Gasteiger partial charge in [0, 0.05) is 12.4 Å². The number of thiazole rings is 1. The van der Waals surface area contributed by atoms with Crippen LogP contribution in [0.1, 0.15) is 20.3 Å². The Bertz CT molecular complexity index is 653. The van der Waals surface area contributed by atoms with E-state index in [0.29, 0.717) is 11.4 Å². The Balaban J connectivity index is 2.30. The Morgan fingerprint density at radius 1 is 1.35 bits per heavy atom. The molecule has 20 heavy (non-hydrogen) atoms. The van der Waals surface area contributed by atoms with E-state index in [2.05, 4.69) is 4.98 Å². The highest BCUT2D eigenvalue weighted by Gasteiger charge is 2.21. The maximum absolute atomic E-state index is 12.3. The van der Waals surface area contributed by atoms with Crippen LogP contribution in [0.5, 0.6) is 5.75 Å². The third-order valence-corrected chi connectivity index (χ3v) is 3.49. The molecule has 1 amide bonds. The lowest BCUT2D eigenvalue weighted by molar-refractivity contribution is 0.0691. The fourth-order valence-corrected chi connectivity index (χ4v) is 2.40. The van der Waals surface area contributed by atoms with Gasteiger partial charge in [-0.3, -0.25) is 4.79 Å². The molecule has 0 fully saturated rings. The molecule has 1 heterocycles. The molecule has 0 saturated carbocycles. The standard InChI is InChI=1S/C13H12N2O4S/c1-15(9-5-3-4-6-10(9)19-2)12(16)11-14-8(7-20-11)13(17)18/h3-7H,1-2H3,(H,17,18). The molecule has 0 aliphatic carbocycles. The Morgan fingerprint density at radius 2 is 2.05 bits per heavy atom. The van der Waals surface area contributed by atoms with Gasteiger partial charge in [-0.25, -0.2) is 9.78 Å².